The van der Waals surface area contributed by atoms with Crippen molar-refractivity contribution in [3.8, 4) is 0 Å². The van der Waals surface area contributed by atoms with E-state index in [-0.39, 0.29) is 24.3 Å². The number of carbonyl (C=O) groups excluding carboxylic acids is 3. The lowest BCUT2D eigenvalue weighted by Crippen LogP contribution is -2.16. The average Bonchev–Trinajstić information content (AvgIpc) is 2.63. The summed E-state index contributed by atoms with van der Waals surface area (Å²) < 4.78 is 17.7. The summed E-state index contributed by atoms with van der Waals surface area (Å²) in [4.78, 5) is 35.5. The van der Waals surface area contributed by atoms with Crippen molar-refractivity contribution >= 4 is 23.3 Å². The van der Waals surface area contributed by atoms with Gasteiger partial charge in [-0.25, -0.2) is 4.39 Å². The molecule has 0 radical (unpaired) electrons. The molecule has 0 saturated carbocycles. The monoisotopic (exact) mass is 371 g/mol. The van der Waals surface area contributed by atoms with Crippen LogP contribution in [0.25, 0.3) is 0 Å². The zero-order chi connectivity index (χ0) is 19.8. The van der Waals surface area contributed by atoms with Crippen LogP contribution in [-0.4, -0.2) is 24.3 Å². The Hall–Kier alpha value is -3.02. The van der Waals surface area contributed by atoms with Crippen LogP contribution in [0.3, 0.4) is 0 Å². The molecule has 142 valence electrons. The molecular formula is C21H22FNO4. The molecule has 0 heterocycles. The fourth-order valence-corrected chi connectivity index (χ4v) is 2.41. The molecule has 1 N–H and O–H groups in total. The Kier molecular flexibility index (Phi) is 7.23. The number of aryl methyl sites for hydroxylation is 2. The van der Waals surface area contributed by atoms with Crippen LogP contribution in [0.4, 0.5) is 10.1 Å². The van der Waals surface area contributed by atoms with E-state index in [1.165, 1.54) is 24.3 Å². The Labute approximate surface area is 157 Å². The molecule has 2 aromatic carbocycles. The third-order valence-electron chi connectivity index (χ3n) is 3.98. The number of hydrogen-bond acceptors (Lipinski definition) is 4. The van der Waals surface area contributed by atoms with Gasteiger partial charge in [0.1, 0.15) is 5.82 Å². The number of carbonyl (C=O) groups is 3. The molecule has 0 saturated heterocycles. The summed E-state index contributed by atoms with van der Waals surface area (Å²) in [6, 6.07) is 10.8. The van der Waals surface area contributed by atoms with Crippen molar-refractivity contribution in [2.24, 2.45) is 0 Å². The Balaban J connectivity index is 1.69. The van der Waals surface area contributed by atoms with Crippen LogP contribution >= 0.6 is 0 Å². The van der Waals surface area contributed by atoms with Crippen LogP contribution in [0.5, 0.6) is 0 Å². The molecule has 2 rings (SSSR count). The highest BCUT2D eigenvalue weighted by Crippen LogP contribution is 2.17. The predicted molar refractivity (Wildman–Crippen MR) is 100 cm³/mol. The molecule has 0 spiro atoms. The van der Waals surface area contributed by atoms with Crippen LogP contribution in [0, 0.1) is 19.7 Å². The average molecular weight is 371 g/mol. The van der Waals surface area contributed by atoms with Crippen molar-refractivity contribution in [1.29, 1.82) is 0 Å². The van der Waals surface area contributed by atoms with Gasteiger partial charge in [0.25, 0.3) is 0 Å². The minimum atomic E-state index is -0.551. The van der Waals surface area contributed by atoms with E-state index in [2.05, 4.69) is 5.32 Å². The number of ketones is 1. The van der Waals surface area contributed by atoms with Crippen molar-refractivity contribution in [2.75, 3.05) is 11.9 Å². The zero-order valence-corrected chi connectivity index (χ0v) is 15.4. The summed E-state index contributed by atoms with van der Waals surface area (Å²) in [5.41, 5.74) is 3.04. The van der Waals surface area contributed by atoms with E-state index in [9.17, 15) is 18.8 Å². The SMILES string of the molecule is Cc1ccc(C)c(NC(=O)CCCC(=O)OCC(=O)c2ccc(F)cc2)c1. The molecule has 2 aromatic rings. The molecule has 0 atom stereocenters. The van der Waals surface area contributed by atoms with Gasteiger partial charge in [-0.15, -0.1) is 0 Å². The molecule has 0 aliphatic carbocycles. The van der Waals surface area contributed by atoms with Crippen LogP contribution in [0.15, 0.2) is 42.5 Å². The molecule has 0 bridgehead atoms. The lowest BCUT2D eigenvalue weighted by molar-refractivity contribution is -0.142. The van der Waals surface area contributed by atoms with Gasteiger partial charge < -0.3 is 10.1 Å². The van der Waals surface area contributed by atoms with Crippen molar-refractivity contribution in [1.82, 2.24) is 0 Å². The Bertz CT molecular complexity index is 831. The maximum Gasteiger partial charge on any atom is 0.306 e. The minimum Gasteiger partial charge on any atom is -0.457 e. The second-order valence-corrected chi connectivity index (χ2v) is 6.31. The molecule has 1 amide bonds. The van der Waals surface area contributed by atoms with Gasteiger partial charge in [0.2, 0.25) is 5.91 Å². The third-order valence-corrected chi connectivity index (χ3v) is 3.98. The first-order valence-electron chi connectivity index (χ1n) is 8.66. The number of benzene rings is 2. The minimum absolute atomic E-state index is 0.0386. The van der Waals surface area contributed by atoms with Crippen LogP contribution in [0.1, 0.15) is 40.7 Å². The van der Waals surface area contributed by atoms with E-state index in [1.54, 1.807) is 0 Å². The number of anilines is 1. The number of nitrogens with one attached hydrogen (secondary N) is 1. The van der Waals surface area contributed by atoms with Gasteiger partial charge >= 0.3 is 5.97 Å². The molecule has 0 aromatic heterocycles. The number of rotatable bonds is 8. The van der Waals surface area contributed by atoms with E-state index in [0.29, 0.717) is 6.42 Å². The van der Waals surface area contributed by atoms with E-state index >= 15 is 0 Å². The maximum absolute atomic E-state index is 12.8. The Morgan fingerprint density at radius 1 is 1.00 bits per heavy atom. The highest BCUT2D eigenvalue weighted by molar-refractivity contribution is 5.98. The summed E-state index contributed by atoms with van der Waals surface area (Å²) in [5.74, 6) is -1.58. The van der Waals surface area contributed by atoms with Crippen LogP contribution in [0.2, 0.25) is 0 Å². The van der Waals surface area contributed by atoms with E-state index < -0.39 is 24.2 Å². The molecule has 6 heteroatoms. The molecular weight excluding hydrogens is 349 g/mol. The van der Waals surface area contributed by atoms with Crippen molar-refractivity contribution in [2.45, 2.75) is 33.1 Å². The number of hydrogen-bond donors (Lipinski definition) is 1. The van der Waals surface area contributed by atoms with Gasteiger partial charge in [0, 0.05) is 24.1 Å². The number of amides is 1. The van der Waals surface area contributed by atoms with Crippen LogP contribution in [-0.2, 0) is 14.3 Å². The lowest BCUT2D eigenvalue weighted by Gasteiger charge is -2.09. The van der Waals surface area contributed by atoms with Crippen molar-refractivity contribution in [3.63, 3.8) is 0 Å². The van der Waals surface area contributed by atoms with E-state index in [1.807, 2.05) is 32.0 Å². The van der Waals surface area contributed by atoms with Crippen molar-refractivity contribution < 1.29 is 23.5 Å². The second kappa shape index (κ2) is 9.62. The second-order valence-electron chi connectivity index (χ2n) is 6.31. The number of Topliss-reactive ketones (excluding diaryl/α,β-unsaturated/α-hetero) is 1. The first-order valence-corrected chi connectivity index (χ1v) is 8.66. The molecule has 0 aliphatic rings. The summed E-state index contributed by atoms with van der Waals surface area (Å²) in [7, 11) is 0. The van der Waals surface area contributed by atoms with Gasteiger partial charge in [0.05, 0.1) is 0 Å². The number of ether oxygens (including phenoxy) is 1. The fraction of sp³-hybridized carbons (Fsp3) is 0.286. The largest absolute Gasteiger partial charge is 0.457 e. The summed E-state index contributed by atoms with van der Waals surface area (Å²) in [6.45, 7) is 3.45. The van der Waals surface area contributed by atoms with Gasteiger partial charge in [-0.1, -0.05) is 12.1 Å². The smallest absolute Gasteiger partial charge is 0.306 e. The molecule has 0 aliphatic heterocycles. The van der Waals surface area contributed by atoms with Gasteiger partial charge in [-0.3, -0.25) is 14.4 Å². The molecule has 27 heavy (non-hydrogen) atoms. The quantitative estimate of drug-likeness (QED) is 0.563. The standard InChI is InChI=1S/C21H22FNO4/c1-14-6-7-15(2)18(12-14)23-20(25)4-3-5-21(26)27-13-19(24)16-8-10-17(22)11-9-16/h6-12H,3-5,13H2,1-2H3,(H,23,25). The summed E-state index contributed by atoms with van der Waals surface area (Å²) in [6.07, 6.45) is 0.533. The lowest BCUT2D eigenvalue weighted by atomic mass is 10.1. The van der Waals surface area contributed by atoms with Gasteiger partial charge in [0.15, 0.2) is 12.4 Å². The Morgan fingerprint density at radius 3 is 2.41 bits per heavy atom. The molecule has 0 unspecified atom stereocenters. The van der Waals surface area contributed by atoms with E-state index in [0.717, 1.165) is 16.8 Å². The predicted octanol–water partition coefficient (Wildman–Crippen LogP) is 3.98. The van der Waals surface area contributed by atoms with Crippen molar-refractivity contribution in [3.05, 3.63) is 65.0 Å². The summed E-state index contributed by atoms with van der Waals surface area (Å²) >= 11 is 0. The Morgan fingerprint density at radius 2 is 1.70 bits per heavy atom. The topological polar surface area (TPSA) is 72.5 Å². The fourth-order valence-electron chi connectivity index (χ4n) is 2.41. The van der Waals surface area contributed by atoms with Gasteiger partial charge in [-0.2, -0.15) is 0 Å². The van der Waals surface area contributed by atoms with E-state index in [4.69, 9.17) is 4.74 Å². The molecule has 5 nitrogen and oxygen atoms in total. The highest BCUT2D eigenvalue weighted by atomic mass is 19.1. The van der Waals surface area contributed by atoms with Gasteiger partial charge in [-0.05, 0) is 61.7 Å². The number of esters is 1. The number of halogens is 1. The summed E-state index contributed by atoms with van der Waals surface area (Å²) in [5, 5.41) is 2.83. The molecule has 0 fully saturated rings. The first kappa shape index (κ1) is 20.3. The highest BCUT2D eigenvalue weighted by Gasteiger charge is 2.11. The maximum atomic E-state index is 12.8. The normalized spacial score (nSPS) is 10.3. The first-order chi connectivity index (χ1) is 12.8. The zero-order valence-electron chi connectivity index (χ0n) is 15.4. The van der Waals surface area contributed by atoms with Crippen LogP contribution < -0.4 is 5.32 Å². The third kappa shape index (κ3) is 6.66.